The van der Waals surface area contributed by atoms with E-state index in [1.54, 1.807) is 0 Å². The van der Waals surface area contributed by atoms with Gasteiger partial charge < -0.3 is 4.90 Å². The minimum absolute atomic E-state index is 1.12. The lowest BCUT2D eigenvalue weighted by molar-refractivity contribution is 1.30. The molecular formula is C52H33NS. The summed E-state index contributed by atoms with van der Waals surface area (Å²) in [5, 5.41) is 12.7. The third kappa shape index (κ3) is 4.92. The molecule has 2 heteroatoms. The van der Waals surface area contributed by atoms with Crippen LogP contribution < -0.4 is 4.90 Å². The van der Waals surface area contributed by atoms with Crippen molar-refractivity contribution in [2.75, 3.05) is 4.90 Å². The van der Waals surface area contributed by atoms with Gasteiger partial charge in [-0.15, -0.1) is 11.3 Å². The van der Waals surface area contributed by atoms with Gasteiger partial charge >= 0.3 is 0 Å². The predicted octanol–water partition coefficient (Wildman–Crippen LogP) is 15.5. The second kappa shape index (κ2) is 12.4. The Morgan fingerprint density at radius 2 is 0.944 bits per heavy atom. The smallest absolute Gasteiger partial charge is 0.0540 e. The molecule has 1 nitrogen and oxygen atoms in total. The fourth-order valence-corrected chi connectivity index (χ4v) is 9.71. The number of hydrogen-bond acceptors (Lipinski definition) is 2. The van der Waals surface area contributed by atoms with Crippen LogP contribution >= 0.6 is 11.3 Å². The summed E-state index contributed by atoms with van der Waals surface area (Å²) in [6.45, 7) is 0. The van der Waals surface area contributed by atoms with Crippen LogP contribution in [0.15, 0.2) is 200 Å². The van der Waals surface area contributed by atoms with E-state index >= 15 is 0 Å². The lowest BCUT2D eigenvalue weighted by Gasteiger charge is -2.27. The normalized spacial score (nSPS) is 11.7. The van der Waals surface area contributed by atoms with Crippen LogP contribution in [0.5, 0.6) is 0 Å². The van der Waals surface area contributed by atoms with Crippen molar-refractivity contribution >= 4 is 91.7 Å². The summed E-state index contributed by atoms with van der Waals surface area (Å²) in [6.07, 6.45) is 0. The molecule has 0 radical (unpaired) electrons. The standard InChI is InChI=1S/C52H33NS/c1-2-12-34(13-3-1)35-24-27-38(28-25-35)53(39-29-31-51-49(33-39)47-30-26-36-14-4-7-17-41(36)52(47)54-51)50-23-11-21-43-45(20-10-22-46(43)50)48-32-37-15-5-6-16-40(37)42-18-8-9-19-44(42)48/h1-33H. The van der Waals surface area contributed by atoms with Gasteiger partial charge in [-0.2, -0.15) is 0 Å². The first kappa shape index (κ1) is 30.8. The number of fused-ring (bicyclic) bond motifs is 9. The van der Waals surface area contributed by atoms with Gasteiger partial charge in [0.2, 0.25) is 0 Å². The fourth-order valence-electron chi connectivity index (χ4n) is 8.49. The lowest BCUT2D eigenvalue weighted by atomic mass is 9.90. The number of thiophene rings is 1. The van der Waals surface area contributed by atoms with Crippen LogP contribution in [0.1, 0.15) is 0 Å². The molecule has 252 valence electrons. The Balaban J connectivity index is 1.14. The van der Waals surface area contributed by atoms with Gasteiger partial charge in [0.15, 0.2) is 0 Å². The first-order chi connectivity index (χ1) is 26.8. The van der Waals surface area contributed by atoms with E-state index in [1.807, 2.05) is 11.3 Å². The Hall–Kier alpha value is -6.74. The average molecular weight is 704 g/mol. The van der Waals surface area contributed by atoms with Crippen molar-refractivity contribution in [2.45, 2.75) is 0 Å². The highest BCUT2D eigenvalue weighted by molar-refractivity contribution is 7.26. The minimum Gasteiger partial charge on any atom is -0.310 e. The van der Waals surface area contributed by atoms with Crippen molar-refractivity contribution < 1.29 is 0 Å². The number of benzene rings is 10. The van der Waals surface area contributed by atoms with E-state index in [2.05, 4.69) is 205 Å². The molecule has 0 atom stereocenters. The third-order valence-electron chi connectivity index (χ3n) is 11.0. The van der Waals surface area contributed by atoms with Gasteiger partial charge in [-0.05, 0) is 102 Å². The van der Waals surface area contributed by atoms with E-state index in [0.717, 1.165) is 17.1 Å². The molecule has 0 aliphatic carbocycles. The molecule has 11 aromatic rings. The maximum atomic E-state index is 2.45. The first-order valence-corrected chi connectivity index (χ1v) is 19.3. The van der Waals surface area contributed by atoms with Crippen molar-refractivity contribution in [2.24, 2.45) is 0 Å². The van der Waals surface area contributed by atoms with Gasteiger partial charge in [0, 0.05) is 36.9 Å². The van der Waals surface area contributed by atoms with Crippen LogP contribution in [-0.4, -0.2) is 0 Å². The molecule has 0 aliphatic heterocycles. The second-order valence-corrected chi connectivity index (χ2v) is 15.1. The van der Waals surface area contributed by atoms with E-state index in [0.29, 0.717) is 0 Å². The van der Waals surface area contributed by atoms with Gasteiger partial charge in [-0.3, -0.25) is 0 Å². The molecule has 54 heavy (non-hydrogen) atoms. The van der Waals surface area contributed by atoms with Gasteiger partial charge in [0.25, 0.3) is 0 Å². The summed E-state index contributed by atoms with van der Waals surface area (Å²) in [4.78, 5) is 2.45. The molecule has 0 spiro atoms. The monoisotopic (exact) mass is 703 g/mol. The topological polar surface area (TPSA) is 3.24 Å². The Morgan fingerprint density at radius 1 is 0.315 bits per heavy atom. The van der Waals surface area contributed by atoms with Crippen LogP contribution in [-0.2, 0) is 0 Å². The lowest BCUT2D eigenvalue weighted by Crippen LogP contribution is -2.10. The Labute approximate surface area is 317 Å². The highest BCUT2D eigenvalue weighted by Gasteiger charge is 2.20. The van der Waals surface area contributed by atoms with Crippen molar-refractivity contribution in [3.8, 4) is 22.3 Å². The summed E-state index contributed by atoms with van der Waals surface area (Å²) < 4.78 is 2.64. The summed E-state index contributed by atoms with van der Waals surface area (Å²) in [5.74, 6) is 0. The molecule has 0 saturated carbocycles. The van der Waals surface area contributed by atoms with E-state index < -0.39 is 0 Å². The molecule has 0 amide bonds. The molecule has 1 heterocycles. The number of rotatable bonds is 5. The second-order valence-electron chi connectivity index (χ2n) is 14.1. The van der Waals surface area contributed by atoms with Crippen LogP contribution in [0.25, 0.3) is 85.5 Å². The minimum atomic E-state index is 1.12. The molecule has 0 aliphatic rings. The van der Waals surface area contributed by atoms with Gasteiger partial charge in [-0.25, -0.2) is 0 Å². The van der Waals surface area contributed by atoms with Crippen molar-refractivity contribution in [1.29, 1.82) is 0 Å². The van der Waals surface area contributed by atoms with Crippen molar-refractivity contribution in [3.63, 3.8) is 0 Å². The summed E-state index contributed by atoms with van der Waals surface area (Å²) in [5.41, 5.74) is 8.31. The maximum Gasteiger partial charge on any atom is 0.0540 e. The first-order valence-electron chi connectivity index (χ1n) is 18.5. The fraction of sp³-hybridized carbons (Fsp3) is 0. The number of anilines is 3. The van der Waals surface area contributed by atoms with E-state index in [4.69, 9.17) is 0 Å². The van der Waals surface area contributed by atoms with Crippen molar-refractivity contribution in [1.82, 2.24) is 0 Å². The van der Waals surface area contributed by atoms with Gasteiger partial charge in [0.1, 0.15) is 0 Å². The maximum absolute atomic E-state index is 2.45. The average Bonchev–Trinajstić information content (AvgIpc) is 3.63. The Bertz CT molecular complexity index is 3210. The molecule has 0 N–H and O–H groups in total. The summed E-state index contributed by atoms with van der Waals surface area (Å²) >= 11 is 1.89. The molecule has 1 aromatic heterocycles. The molecule has 11 rings (SSSR count). The molecule has 0 unspecified atom stereocenters. The van der Waals surface area contributed by atoms with Gasteiger partial charge in [-0.1, -0.05) is 158 Å². The Morgan fingerprint density at radius 3 is 1.80 bits per heavy atom. The number of hydrogen-bond donors (Lipinski definition) is 0. The SMILES string of the molecule is c1ccc(-c2ccc(N(c3ccc4sc5c6ccccc6ccc5c4c3)c3cccc4c(-c5cc6ccccc6c6ccccc56)cccc34)cc2)cc1. The van der Waals surface area contributed by atoms with E-state index in [9.17, 15) is 0 Å². The van der Waals surface area contributed by atoms with E-state index in [-0.39, 0.29) is 0 Å². The van der Waals surface area contributed by atoms with Crippen LogP contribution in [0.3, 0.4) is 0 Å². The molecule has 10 aromatic carbocycles. The van der Waals surface area contributed by atoms with Crippen LogP contribution in [0, 0.1) is 0 Å². The largest absolute Gasteiger partial charge is 0.310 e. The zero-order chi connectivity index (χ0) is 35.6. The molecule has 0 fully saturated rings. The summed E-state index contributed by atoms with van der Waals surface area (Å²) in [6, 6.07) is 73.5. The van der Waals surface area contributed by atoms with Crippen LogP contribution in [0.4, 0.5) is 17.1 Å². The zero-order valence-corrected chi connectivity index (χ0v) is 30.2. The molecule has 0 saturated heterocycles. The van der Waals surface area contributed by atoms with Gasteiger partial charge in [0.05, 0.1) is 5.69 Å². The van der Waals surface area contributed by atoms with Crippen LogP contribution in [0.2, 0.25) is 0 Å². The zero-order valence-electron chi connectivity index (χ0n) is 29.4. The highest BCUT2D eigenvalue weighted by atomic mass is 32.1. The predicted molar refractivity (Wildman–Crippen MR) is 235 cm³/mol. The summed E-state index contributed by atoms with van der Waals surface area (Å²) in [7, 11) is 0. The van der Waals surface area contributed by atoms with Crippen molar-refractivity contribution in [3.05, 3.63) is 200 Å². The highest BCUT2D eigenvalue weighted by Crippen LogP contribution is 2.46. The Kier molecular flexibility index (Phi) is 7.11. The molecular weight excluding hydrogens is 671 g/mol. The number of nitrogens with zero attached hydrogens (tertiary/aromatic N) is 1. The quantitative estimate of drug-likeness (QED) is 0.161. The molecule has 0 bridgehead atoms. The van der Waals surface area contributed by atoms with E-state index in [1.165, 1.54) is 85.5 Å². The third-order valence-corrected chi connectivity index (χ3v) is 12.3.